The predicted octanol–water partition coefficient (Wildman–Crippen LogP) is 4.23. The van der Waals surface area contributed by atoms with Crippen molar-refractivity contribution in [2.24, 2.45) is 5.92 Å². The van der Waals surface area contributed by atoms with Crippen LogP contribution in [0.1, 0.15) is 42.5 Å². The lowest BCUT2D eigenvalue weighted by Crippen LogP contribution is -2.39. The fourth-order valence-corrected chi connectivity index (χ4v) is 4.40. The van der Waals surface area contributed by atoms with E-state index in [0.717, 1.165) is 18.6 Å². The Kier molecular flexibility index (Phi) is 7.34. The van der Waals surface area contributed by atoms with E-state index >= 15 is 0 Å². The summed E-state index contributed by atoms with van der Waals surface area (Å²) in [5.41, 5.74) is 1.95. The standard InChI is InChI=1S/C23H27N3O3.ClH/c1-29-21-10-8-18(9-11-21)26-23(28)16-2-4-17(5-3-16)25-22(27)14-15-12-19-6-7-20(13-15)24-19;/h2-5,8-11,15,19-20,24H,6-7,12-14H2,1H3,(H,25,27)(H,26,28);1H. The first-order chi connectivity index (χ1) is 14.1. The highest BCUT2D eigenvalue weighted by atomic mass is 35.5. The number of piperidine rings is 1. The molecule has 160 valence electrons. The number of methoxy groups -OCH3 is 1. The Morgan fingerprint density at radius 3 is 2.10 bits per heavy atom. The Labute approximate surface area is 183 Å². The van der Waals surface area contributed by atoms with E-state index in [4.69, 9.17) is 4.74 Å². The van der Waals surface area contributed by atoms with Crippen molar-refractivity contribution < 1.29 is 14.3 Å². The number of halogens is 1. The first kappa shape index (κ1) is 22.1. The number of hydrogen-bond donors (Lipinski definition) is 3. The lowest BCUT2D eigenvalue weighted by Gasteiger charge is -2.28. The molecule has 0 aliphatic carbocycles. The third-order valence-corrected chi connectivity index (χ3v) is 5.82. The first-order valence-electron chi connectivity index (χ1n) is 10.2. The number of carbonyl (C=O) groups is 2. The maximum atomic E-state index is 12.4. The second kappa shape index (κ2) is 9.96. The average Bonchev–Trinajstić information content (AvgIpc) is 3.07. The molecule has 0 radical (unpaired) electrons. The molecule has 0 aromatic heterocycles. The number of benzene rings is 2. The van der Waals surface area contributed by atoms with Crippen LogP contribution < -0.4 is 20.7 Å². The van der Waals surface area contributed by atoms with E-state index in [1.807, 2.05) is 0 Å². The molecule has 2 atom stereocenters. The van der Waals surface area contributed by atoms with Gasteiger partial charge in [0.1, 0.15) is 5.75 Å². The molecule has 3 N–H and O–H groups in total. The molecule has 0 spiro atoms. The van der Waals surface area contributed by atoms with Gasteiger partial charge in [0.15, 0.2) is 0 Å². The molecule has 2 amide bonds. The molecule has 2 fully saturated rings. The Morgan fingerprint density at radius 1 is 0.933 bits per heavy atom. The summed E-state index contributed by atoms with van der Waals surface area (Å²) in [6.45, 7) is 0. The van der Waals surface area contributed by atoms with Crippen molar-refractivity contribution in [1.82, 2.24) is 5.32 Å². The zero-order chi connectivity index (χ0) is 20.2. The lowest BCUT2D eigenvalue weighted by molar-refractivity contribution is -0.117. The monoisotopic (exact) mass is 429 g/mol. The number of carbonyl (C=O) groups excluding carboxylic acids is 2. The van der Waals surface area contributed by atoms with Crippen LogP contribution in [0.3, 0.4) is 0 Å². The number of amides is 2. The molecule has 7 heteroatoms. The number of fused-ring (bicyclic) bond motifs is 2. The second-order valence-electron chi connectivity index (χ2n) is 7.99. The first-order valence-corrected chi connectivity index (χ1v) is 10.2. The summed E-state index contributed by atoms with van der Waals surface area (Å²) >= 11 is 0. The fraction of sp³-hybridized carbons (Fsp3) is 0.391. The fourth-order valence-electron chi connectivity index (χ4n) is 4.40. The smallest absolute Gasteiger partial charge is 0.255 e. The van der Waals surface area contributed by atoms with Crippen LogP contribution >= 0.6 is 12.4 Å². The second-order valence-corrected chi connectivity index (χ2v) is 7.99. The van der Waals surface area contributed by atoms with Gasteiger partial charge in [-0.3, -0.25) is 9.59 Å². The van der Waals surface area contributed by atoms with Crippen LogP contribution in [-0.4, -0.2) is 31.0 Å². The van der Waals surface area contributed by atoms with E-state index in [-0.39, 0.29) is 24.2 Å². The van der Waals surface area contributed by atoms with Crippen LogP contribution in [0.4, 0.5) is 11.4 Å². The largest absolute Gasteiger partial charge is 0.497 e. The Hall–Kier alpha value is -2.57. The summed E-state index contributed by atoms with van der Waals surface area (Å²) < 4.78 is 5.11. The van der Waals surface area contributed by atoms with Crippen molar-refractivity contribution in [2.75, 3.05) is 17.7 Å². The van der Waals surface area contributed by atoms with Gasteiger partial charge in [0.05, 0.1) is 7.11 Å². The van der Waals surface area contributed by atoms with Crippen LogP contribution in [0.25, 0.3) is 0 Å². The van der Waals surface area contributed by atoms with Gasteiger partial charge < -0.3 is 20.7 Å². The molecular formula is C23H28ClN3O3. The zero-order valence-corrected chi connectivity index (χ0v) is 17.8. The molecular weight excluding hydrogens is 402 g/mol. The molecule has 2 aromatic rings. The third-order valence-electron chi connectivity index (χ3n) is 5.82. The summed E-state index contributed by atoms with van der Waals surface area (Å²) in [5.74, 6) is 1.05. The molecule has 2 heterocycles. The van der Waals surface area contributed by atoms with Crippen LogP contribution in [-0.2, 0) is 4.79 Å². The zero-order valence-electron chi connectivity index (χ0n) is 17.0. The van der Waals surface area contributed by atoms with Gasteiger partial charge in [-0.2, -0.15) is 0 Å². The highest BCUT2D eigenvalue weighted by molar-refractivity contribution is 6.04. The molecule has 2 aliphatic heterocycles. The summed E-state index contributed by atoms with van der Waals surface area (Å²) in [4.78, 5) is 24.8. The lowest BCUT2D eigenvalue weighted by atomic mass is 9.89. The van der Waals surface area contributed by atoms with Gasteiger partial charge in [0.25, 0.3) is 5.91 Å². The van der Waals surface area contributed by atoms with Gasteiger partial charge in [0.2, 0.25) is 5.91 Å². The highest BCUT2D eigenvalue weighted by Crippen LogP contribution is 2.32. The normalized spacial score (nSPS) is 22.0. The van der Waals surface area contributed by atoms with Crippen molar-refractivity contribution in [3.8, 4) is 5.75 Å². The topological polar surface area (TPSA) is 79.5 Å². The summed E-state index contributed by atoms with van der Waals surface area (Å²) in [6.07, 6.45) is 5.23. The van der Waals surface area contributed by atoms with E-state index < -0.39 is 0 Å². The molecule has 6 nitrogen and oxygen atoms in total. The summed E-state index contributed by atoms with van der Waals surface area (Å²) in [6, 6.07) is 15.3. The van der Waals surface area contributed by atoms with Gasteiger partial charge in [-0.05, 0) is 80.1 Å². The van der Waals surface area contributed by atoms with Gasteiger partial charge in [-0.15, -0.1) is 12.4 Å². The van der Waals surface area contributed by atoms with Crippen molar-refractivity contribution in [1.29, 1.82) is 0 Å². The summed E-state index contributed by atoms with van der Waals surface area (Å²) in [5, 5.41) is 9.42. The quantitative estimate of drug-likeness (QED) is 0.642. The van der Waals surface area contributed by atoms with E-state index in [1.165, 1.54) is 12.8 Å². The van der Waals surface area contributed by atoms with E-state index in [2.05, 4.69) is 16.0 Å². The predicted molar refractivity (Wildman–Crippen MR) is 121 cm³/mol. The number of hydrogen-bond acceptors (Lipinski definition) is 4. The van der Waals surface area contributed by atoms with Crippen molar-refractivity contribution in [3.63, 3.8) is 0 Å². The number of ether oxygens (including phenoxy) is 1. The van der Waals surface area contributed by atoms with Crippen molar-refractivity contribution in [3.05, 3.63) is 54.1 Å². The molecule has 4 rings (SSSR count). The Bertz CT molecular complexity index is 858. The molecule has 0 saturated carbocycles. The van der Waals surface area contributed by atoms with Crippen LogP contribution in [0.15, 0.2) is 48.5 Å². The van der Waals surface area contributed by atoms with Crippen molar-refractivity contribution in [2.45, 2.75) is 44.2 Å². The molecule has 2 saturated heterocycles. The van der Waals surface area contributed by atoms with Crippen LogP contribution in [0.5, 0.6) is 5.75 Å². The van der Waals surface area contributed by atoms with Gasteiger partial charge >= 0.3 is 0 Å². The Balaban J connectivity index is 0.00000256. The van der Waals surface area contributed by atoms with E-state index in [0.29, 0.717) is 41.4 Å². The minimum absolute atomic E-state index is 0. The van der Waals surface area contributed by atoms with Crippen LogP contribution in [0.2, 0.25) is 0 Å². The molecule has 2 bridgehead atoms. The molecule has 2 aromatic carbocycles. The highest BCUT2D eigenvalue weighted by Gasteiger charge is 2.34. The maximum Gasteiger partial charge on any atom is 0.255 e. The maximum absolute atomic E-state index is 12.4. The van der Waals surface area contributed by atoms with Gasteiger partial charge in [-0.1, -0.05) is 0 Å². The SMILES string of the molecule is COc1ccc(NC(=O)c2ccc(NC(=O)CC3CC4CCC(C3)N4)cc2)cc1.Cl. The minimum Gasteiger partial charge on any atom is -0.497 e. The Morgan fingerprint density at radius 2 is 1.50 bits per heavy atom. The average molecular weight is 430 g/mol. The number of rotatable bonds is 6. The van der Waals surface area contributed by atoms with E-state index in [1.54, 1.807) is 55.6 Å². The number of anilines is 2. The van der Waals surface area contributed by atoms with Gasteiger partial charge in [-0.25, -0.2) is 0 Å². The molecule has 30 heavy (non-hydrogen) atoms. The summed E-state index contributed by atoms with van der Waals surface area (Å²) in [7, 11) is 1.60. The third kappa shape index (κ3) is 5.52. The van der Waals surface area contributed by atoms with Crippen molar-refractivity contribution >= 4 is 35.6 Å². The molecule has 2 aliphatic rings. The van der Waals surface area contributed by atoms with Gasteiger partial charge in [0, 0.05) is 35.4 Å². The minimum atomic E-state index is -0.196. The molecule has 2 unspecified atom stereocenters. The van der Waals surface area contributed by atoms with Crippen LogP contribution in [0, 0.1) is 5.92 Å². The number of nitrogens with one attached hydrogen (secondary N) is 3. The van der Waals surface area contributed by atoms with E-state index in [9.17, 15) is 9.59 Å².